The van der Waals surface area contributed by atoms with Crippen molar-refractivity contribution in [2.24, 2.45) is 5.41 Å². The van der Waals surface area contributed by atoms with Crippen LogP contribution >= 0.6 is 0 Å². The zero-order valence-electron chi connectivity index (χ0n) is 17.3. The van der Waals surface area contributed by atoms with Gasteiger partial charge in [-0.15, -0.1) is 0 Å². The fourth-order valence-corrected chi connectivity index (χ4v) is 4.75. The Morgan fingerprint density at radius 1 is 1.04 bits per heavy atom. The van der Waals surface area contributed by atoms with Gasteiger partial charge in [-0.3, -0.25) is 4.79 Å². The number of hydrogen-bond donors (Lipinski definition) is 1. The summed E-state index contributed by atoms with van der Waals surface area (Å²) in [4.78, 5) is 12.0. The molecule has 0 spiro atoms. The second-order valence-electron chi connectivity index (χ2n) is 7.41. The van der Waals surface area contributed by atoms with Gasteiger partial charge in [0, 0.05) is 40.3 Å². The van der Waals surface area contributed by atoms with Gasteiger partial charge in [-0.05, 0) is 31.1 Å². The van der Waals surface area contributed by atoms with Crippen molar-refractivity contribution in [1.82, 2.24) is 5.32 Å². The number of carbonyl (C=O) groups is 1. The second kappa shape index (κ2) is 13.7. The Hall–Kier alpha value is -0.433. The third kappa shape index (κ3) is 11.7. The van der Waals surface area contributed by atoms with Crippen LogP contribution in [-0.2, 0) is 18.1 Å². The second-order valence-corrected chi connectivity index (χ2v) is 10.5. The maximum atomic E-state index is 12.0. The number of hydrogen-bond acceptors (Lipinski definition) is 4. The number of nitrogens with one attached hydrogen (secondary N) is 1. The van der Waals surface area contributed by atoms with Gasteiger partial charge in [0.15, 0.2) is 0 Å². The molecule has 0 saturated heterocycles. The summed E-state index contributed by atoms with van der Waals surface area (Å²) in [7, 11) is 2.36. The van der Waals surface area contributed by atoms with Crippen molar-refractivity contribution in [3.05, 3.63) is 6.42 Å². The predicted molar refractivity (Wildman–Crippen MR) is 105 cm³/mol. The quantitative estimate of drug-likeness (QED) is 0.322. The van der Waals surface area contributed by atoms with Crippen LogP contribution in [0.2, 0.25) is 6.04 Å². The van der Waals surface area contributed by atoms with Gasteiger partial charge < -0.3 is 18.6 Å². The molecule has 0 fully saturated rings. The lowest BCUT2D eigenvalue weighted by Crippen LogP contribution is -2.44. The van der Waals surface area contributed by atoms with E-state index < -0.39 is 8.80 Å². The fourth-order valence-electron chi connectivity index (χ4n) is 2.65. The largest absolute Gasteiger partial charge is 0.500 e. The summed E-state index contributed by atoms with van der Waals surface area (Å²) in [6, 6.07) is 0.742. The third-order valence-corrected chi connectivity index (χ3v) is 7.36. The summed E-state index contributed by atoms with van der Waals surface area (Å²) < 4.78 is 16.4. The Morgan fingerprint density at radius 2 is 1.64 bits per heavy atom. The van der Waals surface area contributed by atoms with Crippen LogP contribution in [0.1, 0.15) is 72.1 Å². The summed E-state index contributed by atoms with van der Waals surface area (Å²) in [6.07, 6.45) is 10.8. The Labute approximate surface area is 156 Å². The molecule has 0 aliphatic heterocycles. The lowest BCUT2D eigenvalue weighted by Gasteiger charge is -2.30. The molecule has 6 heteroatoms. The average molecular weight is 375 g/mol. The fraction of sp³-hybridized carbons (Fsp3) is 0.895. The highest BCUT2D eigenvalue weighted by atomic mass is 28.4. The number of unbranched alkanes of at least 4 members (excludes halogenated alkanes) is 6. The molecule has 0 aromatic rings. The van der Waals surface area contributed by atoms with E-state index in [1.807, 2.05) is 0 Å². The topological polar surface area (TPSA) is 56.8 Å². The molecule has 1 N–H and O–H groups in total. The number of rotatable bonds is 16. The van der Waals surface area contributed by atoms with Gasteiger partial charge in [-0.2, -0.15) is 0 Å². The Balaban J connectivity index is 3.93. The van der Waals surface area contributed by atoms with E-state index in [1.165, 1.54) is 25.7 Å². The molecule has 5 nitrogen and oxygen atoms in total. The SMILES string of the molecule is CCCCC[CH]CCCC(=O)NCC(C)(C)CC[Si](OC)(OC)OC. The minimum Gasteiger partial charge on any atom is -0.377 e. The van der Waals surface area contributed by atoms with E-state index in [-0.39, 0.29) is 11.3 Å². The summed E-state index contributed by atoms with van der Waals surface area (Å²) in [5.74, 6) is 0.142. The molecule has 0 aliphatic rings. The van der Waals surface area contributed by atoms with Crippen LogP contribution < -0.4 is 5.32 Å². The Kier molecular flexibility index (Phi) is 13.5. The normalized spacial score (nSPS) is 12.4. The zero-order chi connectivity index (χ0) is 19.2. The van der Waals surface area contributed by atoms with E-state index in [9.17, 15) is 4.79 Å². The molecular weight excluding hydrogens is 334 g/mol. The van der Waals surface area contributed by atoms with Crippen LogP contribution in [0.15, 0.2) is 0 Å². The standard InChI is InChI=1S/C19H40NO4Si/c1-7-8-9-10-11-12-13-14-18(21)20-17-19(2,3)15-16-25(22-4,23-5)24-6/h11H,7-10,12-17H2,1-6H3,(H,20,21). The minimum atomic E-state index is -2.54. The summed E-state index contributed by atoms with van der Waals surface area (Å²) >= 11 is 0. The third-order valence-electron chi connectivity index (χ3n) is 4.63. The van der Waals surface area contributed by atoms with Crippen LogP contribution in [-0.4, -0.2) is 42.6 Å². The van der Waals surface area contributed by atoms with E-state index in [1.54, 1.807) is 21.3 Å². The molecule has 25 heavy (non-hydrogen) atoms. The lowest BCUT2D eigenvalue weighted by atomic mass is 9.90. The molecule has 0 aliphatic carbocycles. The summed E-state index contributed by atoms with van der Waals surface area (Å²) in [5.41, 5.74) is -0.0181. The Morgan fingerprint density at radius 3 is 2.20 bits per heavy atom. The highest BCUT2D eigenvalue weighted by Gasteiger charge is 2.39. The molecule has 0 aromatic heterocycles. The first kappa shape index (κ1) is 24.6. The van der Waals surface area contributed by atoms with Gasteiger partial charge in [0.2, 0.25) is 5.91 Å². The smallest absolute Gasteiger partial charge is 0.377 e. The molecule has 1 radical (unpaired) electrons. The maximum Gasteiger partial charge on any atom is 0.500 e. The van der Waals surface area contributed by atoms with Crippen molar-refractivity contribution in [1.29, 1.82) is 0 Å². The molecule has 0 unspecified atom stereocenters. The molecule has 1 amide bonds. The lowest BCUT2D eigenvalue weighted by molar-refractivity contribution is -0.121. The number of carbonyl (C=O) groups excluding carboxylic acids is 1. The van der Waals surface area contributed by atoms with E-state index in [0.717, 1.165) is 25.3 Å². The van der Waals surface area contributed by atoms with Crippen LogP contribution in [0, 0.1) is 11.8 Å². The number of amides is 1. The summed E-state index contributed by atoms with van der Waals surface area (Å²) in [5, 5.41) is 3.06. The van der Waals surface area contributed by atoms with E-state index >= 15 is 0 Å². The molecule has 0 aromatic carbocycles. The predicted octanol–water partition coefficient (Wildman–Crippen LogP) is 4.35. The van der Waals surface area contributed by atoms with Crippen LogP contribution in [0.3, 0.4) is 0 Å². The minimum absolute atomic E-state index is 0.0181. The first-order chi connectivity index (χ1) is 11.8. The van der Waals surface area contributed by atoms with Crippen molar-refractivity contribution < 1.29 is 18.1 Å². The first-order valence-electron chi connectivity index (χ1n) is 9.58. The van der Waals surface area contributed by atoms with Crippen molar-refractivity contribution >= 4 is 14.7 Å². The first-order valence-corrected chi connectivity index (χ1v) is 11.5. The van der Waals surface area contributed by atoms with E-state index in [4.69, 9.17) is 13.3 Å². The van der Waals surface area contributed by atoms with Gasteiger partial charge in [-0.1, -0.05) is 46.5 Å². The van der Waals surface area contributed by atoms with Crippen LogP contribution in [0.4, 0.5) is 0 Å². The molecule has 0 bridgehead atoms. The highest BCUT2D eigenvalue weighted by Crippen LogP contribution is 2.27. The highest BCUT2D eigenvalue weighted by molar-refractivity contribution is 6.60. The van der Waals surface area contributed by atoms with E-state index in [2.05, 4.69) is 32.5 Å². The van der Waals surface area contributed by atoms with Crippen molar-refractivity contribution in [3.63, 3.8) is 0 Å². The molecule has 0 rings (SSSR count). The summed E-state index contributed by atoms with van der Waals surface area (Å²) in [6.45, 7) is 7.17. The molecule has 0 heterocycles. The van der Waals surface area contributed by atoms with Gasteiger partial charge in [0.25, 0.3) is 0 Å². The van der Waals surface area contributed by atoms with Gasteiger partial charge in [-0.25, -0.2) is 0 Å². The van der Waals surface area contributed by atoms with Gasteiger partial charge >= 0.3 is 8.80 Å². The monoisotopic (exact) mass is 374 g/mol. The maximum absolute atomic E-state index is 12.0. The van der Waals surface area contributed by atoms with Crippen molar-refractivity contribution in [2.75, 3.05) is 27.9 Å². The molecule has 149 valence electrons. The van der Waals surface area contributed by atoms with Crippen LogP contribution in [0.25, 0.3) is 0 Å². The Bertz CT molecular complexity index is 338. The molecule has 0 saturated carbocycles. The van der Waals surface area contributed by atoms with Crippen molar-refractivity contribution in [2.45, 2.75) is 78.2 Å². The van der Waals surface area contributed by atoms with Gasteiger partial charge in [0.05, 0.1) is 0 Å². The van der Waals surface area contributed by atoms with Crippen LogP contribution in [0.5, 0.6) is 0 Å². The zero-order valence-corrected chi connectivity index (χ0v) is 18.3. The molecule has 0 atom stereocenters. The van der Waals surface area contributed by atoms with Gasteiger partial charge in [0.1, 0.15) is 0 Å². The van der Waals surface area contributed by atoms with E-state index in [0.29, 0.717) is 13.0 Å². The average Bonchev–Trinajstić information content (AvgIpc) is 2.61. The van der Waals surface area contributed by atoms with Crippen molar-refractivity contribution in [3.8, 4) is 0 Å². The molecular formula is C19H40NO4Si.